The summed E-state index contributed by atoms with van der Waals surface area (Å²) in [6.07, 6.45) is 1.99. The van der Waals surface area contributed by atoms with Gasteiger partial charge in [0.1, 0.15) is 12.4 Å². The second-order valence-electron chi connectivity index (χ2n) is 5.79. The number of carbonyl (C=O) groups excluding carboxylic acids is 1. The van der Waals surface area contributed by atoms with Crippen molar-refractivity contribution in [2.75, 3.05) is 26.2 Å². The van der Waals surface area contributed by atoms with Gasteiger partial charge in [-0.25, -0.2) is 4.79 Å². The van der Waals surface area contributed by atoms with E-state index >= 15 is 0 Å². The van der Waals surface area contributed by atoms with E-state index in [1.165, 1.54) is 0 Å². The molecule has 2 rings (SSSR count). The van der Waals surface area contributed by atoms with Gasteiger partial charge in [0.2, 0.25) is 0 Å². The maximum Gasteiger partial charge on any atom is 0.317 e. The first kappa shape index (κ1) is 16.6. The lowest BCUT2D eigenvalue weighted by Crippen LogP contribution is -2.50. The summed E-state index contributed by atoms with van der Waals surface area (Å²) in [6.45, 7) is 7.05. The van der Waals surface area contributed by atoms with E-state index in [-0.39, 0.29) is 6.03 Å². The van der Waals surface area contributed by atoms with Gasteiger partial charge in [-0.2, -0.15) is 0 Å². The summed E-state index contributed by atoms with van der Waals surface area (Å²) in [5.41, 5.74) is 0. The van der Waals surface area contributed by atoms with Crippen LogP contribution in [0.25, 0.3) is 0 Å². The number of ether oxygens (including phenoxy) is 1. The smallest absolute Gasteiger partial charge is 0.317 e. The Kier molecular flexibility index (Phi) is 6.52. The number of para-hydroxylation sites is 1. The number of piperidine rings is 1. The first-order valence-electron chi connectivity index (χ1n) is 8.15. The van der Waals surface area contributed by atoms with Gasteiger partial charge in [-0.3, -0.25) is 0 Å². The van der Waals surface area contributed by atoms with Crippen LogP contribution in [0.3, 0.4) is 0 Å². The van der Waals surface area contributed by atoms with Gasteiger partial charge < -0.3 is 20.3 Å². The van der Waals surface area contributed by atoms with Gasteiger partial charge in [0.25, 0.3) is 0 Å². The molecule has 1 aliphatic rings. The molecule has 2 amide bonds. The summed E-state index contributed by atoms with van der Waals surface area (Å²) >= 11 is 0. The molecule has 0 aromatic heterocycles. The fourth-order valence-corrected chi connectivity index (χ4v) is 2.70. The average molecular weight is 305 g/mol. The lowest BCUT2D eigenvalue weighted by molar-refractivity contribution is 0.170. The van der Waals surface area contributed by atoms with E-state index < -0.39 is 0 Å². The third-order valence-electron chi connectivity index (χ3n) is 3.87. The Morgan fingerprint density at radius 3 is 2.64 bits per heavy atom. The molecular formula is C17H27N3O2. The Morgan fingerprint density at radius 2 is 2.00 bits per heavy atom. The normalized spacial score (nSPS) is 17.1. The maximum atomic E-state index is 11.8. The number of likely N-dealkylation sites (tertiary alicyclic amines) is 1. The number of benzene rings is 1. The van der Waals surface area contributed by atoms with Gasteiger partial charge in [0.15, 0.2) is 0 Å². The van der Waals surface area contributed by atoms with Crippen LogP contribution in [0.1, 0.15) is 26.7 Å². The molecule has 1 atom stereocenters. The van der Waals surface area contributed by atoms with Gasteiger partial charge >= 0.3 is 6.03 Å². The SMILES string of the molecule is CCNC(=O)N1CCC(NC(C)COc2ccccc2)CC1. The molecular weight excluding hydrogens is 278 g/mol. The van der Waals surface area contributed by atoms with Crippen LogP contribution in [0.2, 0.25) is 0 Å². The molecule has 0 bridgehead atoms. The number of hydrogen-bond acceptors (Lipinski definition) is 3. The molecule has 1 heterocycles. The van der Waals surface area contributed by atoms with E-state index in [1.54, 1.807) is 0 Å². The highest BCUT2D eigenvalue weighted by Gasteiger charge is 2.23. The molecule has 5 nitrogen and oxygen atoms in total. The first-order valence-corrected chi connectivity index (χ1v) is 8.15. The van der Waals surface area contributed by atoms with Crippen LogP contribution in [-0.4, -0.2) is 49.3 Å². The van der Waals surface area contributed by atoms with Gasteiger partial charge in [-0.05, 0) is 38.8 Å². The van der Waals surface area contributed by atoms with Crippen LogP contribution < -0.4 is 15.4 Å². The molecule has 122 valence electrons. The van der Waals surface area contributed by atoms with Crippen LogP contribution >= 0.6 is 0 Å². The van der Waals surface area contributed by atoms with Crippen molar-refractivity contribution in [3.05, 3.63) is 30.3 Å². The molecule has 1 saturated heterocycles. The minimum absolute atomic E-state index is 0.0569. The largest absolute Gasteiger partial charge is 0.492 e. The highest BCUT2D eigenvalue weighted by molar-refractivity contribution is 5.74. The zero-order chi connectivity index (χ0) is 15.8. The zero-order valence-electron chi connectivity index (χ0n) is 13.5. The molecule has 2 N–H and O–H groups in total. The number of hydrogen-bond donors (Lipinski definition) is 2. The average Bonchev–Trinajstić information content (AvgIpc) is 2.55. The van der Waals surface area contributed by atoms with Gasteiger partial charge in [-0.1, -0.05) is 18.2 Å². The number of nitrogens with zero attached hydrogens (tertiary/aromatic N) is 1. The van der Waals surface area contributed by atoms with Crippen molar-refractivity contribution in [2.24, 2.45) is 0 Å². The number of carbonyl (C=O) groups is 1. The van der Waals surface area contributed by atoms with Crippen molar-refractivity contribution in [3.63, 3.8) is 0 Å². The Balaban J connectivity index is 1.66. The standard InChI is InChI=1S/C17H27N3O2/c1-3-18-17(21)20-11-9-15(10-12-20)19-14(2)13-22-16-7-5-4-6-8-16/h4-8,14-15,19H,3,9-13H2,1-2H3,(H,18,21). The first-order chi connectivity index (χ1) is 10.7. The Bertz CT molecular complexity index is 444. The molecule has 22 heavy (non-hydrogen) atoms. The molecule has 1 aromatic carbocycles. The third kappa shape index (κ3) is 5.22. The van der Waals surface area contributed by atoms with E-state index in [4.69, 9.17) is 4.74 Å². The Labute approximate surface area is 133 Å². The Morgan fingerprint density at radius 1 is 1.32 bits per heavy atom. The summed E-state index contributed by atoms with van der Waals surface area (Å²) < 4.78 is 5.76. The van der Waals surface area contributed by atoms with Crippen LogP contribution in [-0.2, 0) is 0 Å². The van der Waals surface area contributed by atoms with Crippen molar-refractivity contribution >= 4 is 6.03 Å². The molecule has 1 aromatic rings. The minimum atomic E-state index is 0.0569. The summed E-state index contributed by atoms with van der Waals surface area (Å²) in [6, 6.07) is 10.7. The van der Waals surface area contributed by atoms with Crippen molar-refractivity contribution in [3.8, 4) is 5.75 Å². The summed E-state index contributed by atoms with van der Waals surface area (Å²) in [4.78, 5) is 13.7. The molecule has 0 saturated carbocycles. The fraction of sp³-hybridized carbons (Fsp3) is 0.588. The van der Waals surface area contributed by atoms with E-state index in [9.17, 15) is 4.79 Å². The maximum absolute atomic E-state index is 11.8. The zero-order valence-corrected chi connectivity index (χ0v) is 13.5. The number of rotatable bonds is 6. The molecule has 1 aliphatic heterocycles. The van der Waals surface area contributed by atoms with Crippen LogP contribution in [0.5, 0.6) is 5.75 Å². The topological polar surface area (TPSA) is 53.6 Å². The van der Waals surface area contributed by atoms with Crippen molar-refractivity contribution in [1.29, 1.82) is 0 Å². The highest BCUT2D eigenvalue weighted by Crippen LogP contribution is 2.12. The monoisotopic (exact) mass is 305 g/mol. The molecule has 0 aliphatic carbocycles. The fourth-order valence-electron chi connectivity index (χ4n) is 2.70. The van der Waals surface area contributed by atoms with Crippen molar-refractivity contribution in [1.82, 2.24) is 15.5 Å². The second kappa shape index (κ2) is 8.63. The highest BCUT2D eigenvalue weighted by atomic mass is 16.5. The van der Waals surface area contributed by atoms with Crippen LogP contribution in [0.4, 0.5) is 4.79 Å². The van der Waals surface area contributed by atoms with E-state index in [2.05, 4.69) is 17.6 Å². The lowest BCUT2D eigenvalue weighted by Gasteiger charge is -2.33. The van der Waals surface area contributed by atoms with Gasteiger partial charge in [-0.15, -0.1) is 0 Å². The number of amides is 2. The molecule has 0 spiro atoms. The number of nitrogens with one attached hydrogen (secondary N) is 2. The van der Waals surface area contributed by atoms with E-state index in [0.29, 0.717) is 25.2 Å². The lowest BCUT2D eigenvalue weighted by atomic mass is 10.0. The predicted octanol–water partition coefficient (Wildman–Crippen LogP) is 2.24. The Hall–Kier alpha value is -1.75. The van der Waals surface area contributed by atoms with Crippen molar-refractivity contribution < 1.29 is 9.53 Å². The molecule has 0 radical (unpaired) electrons. The summed E-state index contributed by atoms with van der Waals surface area (Å²) in [7, 11) is 0. The van der Waals surface area contributed by atoms with Crippen LogP contribution in [0, 0.1) is 0 Å². The summed E-state index contributed by atoms with van der Waals surface area (Å²) in [5, 5.41) is 6.45. The van der Waals surface area contributed by atoms with Gasteiger partial charge in [0.05, 0.1) is 0 Å². The van der Waals surface area contributed by atoms with E-state index in [1.807, 2.05) is 42.2 Å². The van der Waals surface area contributed by atoms with Crippen molar-refractivity contribution in [2.45, 2.75) is 38.8 Å². The quantitative estimate of drug-likeness (QED) is 0.847. The second-order valence-corrected chi connectivity index (χ2v) is 5.79. The number of urea groups is 1. The van der Waals surface area contributed by atoms with E-state index in [0.717, 1.165) is 31.7 Å². The minimum Gasteiger partial charge on any atom is -0.492 e. The predicted molar refractivity (Wildman–Crippen MR) is 88.2 cm³/mol. The van der Waals surface area contributed by atoms with Crippen LogP contribution in [0.15, 0.2) is 30.3 Å². The summed E-state index contributed by atoms with van der Waals surface area (Å²) in [5.74, 6) is 0.905. The molecule has 1 fully saturated rings. The third-order valence-corrected chi connectivity index (χ3v) is 3.87. The molecule has 5 heteroatoms. The molecule has 1 unspecified atom stereocenters. The van der Waals surface area contributed by atoms with Gasteiger partial charge in [0, 0.05) is 31.7 Å².